The first-order valence-corrected chi connectivity index (χ1v) is 9.01. The van der Waals surface area contributed by atoms with Gasteiger partial charge in [-0.15, -0.1) is 0 Å². The van der Waals surface area contributed by atoms with Gasteiger partial charge in [0.2, 0.25) is 5.91 Å². The van der Waals surface area contributed by atoms with Crippen LogP contribution in [0, 0.1) is 0 Å². The summed E-state index contributed by atoms with van der Waals surface area (Å²) in [4.78, 5) is 40.4. The van der Waals surface area contributed by atoms with Crippen molar-refractivity contribution in [3.8, 4) is 5.75 Å². The first-order valence-electron chi connectivity index (χ1n) is 8.25. The van der Waals surface area contributed by atoms with Crippen molar-refractivity contribution in [1.82, 2.24) is 24.0 Å². The Morgan fingerprint density at radius 3 is 2.71 bits per heavy atom. The molecule has 0 saturated carbocycles. The summed E-state index contributed by atoms with van der Waals surface area (Å²) in [7, 11) is 2.89. The van der Waals surface area contributed by atoms with Crippen LogP contribution in [0.1, 0.15) is 0 Å². The SMILES string of the molecule is Cn1c(=O)c2ncn(CC(=O)NCCOc3cccc(Cl)c3Cl)c2n(C)c1=O. The maximum absolute atomic E-state index is 12.2. The Morgan fingerprint density at radius 1 is 1.21 bits per heavy atom. The standard InChI is InChI=1S/C17H17Cl2N5O4/c1-22-15-14(16(26)23(2)17(22)27)21-9-24(15)8-12(25)20-6-7-28-11-5-3-4-10(18)13(11)19/h3-5,9H,6-8H2,1-2H3,(H,20,25). The minimum Gasteiger partial charge on any atom is -0.490 e. The Hall–Kier alpha value is -2.78. The second kappa shape index (κ2) is 8.07. The van der Waals surface area contributed by atoms with E-state index in [2.05, 4.69) is 10.3 Å². The van der Waals surface area contributed by atoms with Crippen LogP contribution in [0.5, 0.6) is 5.75 Å². The van der Waals surface area contributed by atoms with Crippen molar-refractivity contribution in [1.29, 1.82) is 0 Å². The molecule has 0 fully saturated rings. The minimum atomic E-state index is -0.510. The predicted octanol–water partition coefficient (Wildman–Crippen LogP) is 0.936. The number of rotatable bonds is 6. The van der Waals surface area contributed by atoms with Gasteiger partial charge < -0.3 is 14.6 Å². The van der Waals surface area contributed by atoms with Gasteiger partial charge in [0.05, 0.1) is 17.9 Å². The average molecular weight is 426 g/mol. The summed E-state index contributed by atoms with van der Waals surface area (Å²) < 4.78 is 9.19. The Bertz CT molecular complexity index is 1160. The molecule has 0 aliphatic carbocycles. The molecule has 1 N–H and O–H groups in total. The fourth-order valence-corrected chi connectivity index (χ4v) is 3.06. The van der Waals surface area contributed by atoms with Crippen molar-refractivity contribution in [3.63, 3.8) is 0 Å². The Morgan fingerprint density at radius 2 is 1.96 bits per heavy atom. The van der Waals surface area contributed by atoms with Crippen LogP contribution in [0.15, 0.2) is 34.1 Å². The molecule has 0 atom stereocenters. The molecule has 28 heavy (non-hydrogen) atoms. The van der Waals surface area contributed by atoms with Crippen molar-refractivity contribution in [2.45, 2.75) is 6.54 Å². The van der Waals surface area contributed by atoms with Crippen molar-refractivity contribution < 1.29 is 9.53 Å². The maximum Gasteiger partial charge on any atom is 0.332 e. The van der Waals surface area contributed by atoms with Crippen LogP contribution in [-0.2, 0) is 25.4 Å². The summed E-state index contributed by atoms with van der Waals surface area (Å²) in [5.74, 6) is 0.100. The van der Waals surface area contributed by atoms with E-state index >= 15 is 0 Å². The number of hydrogen-bond donors (Lipinski definition) is 1. The lowest BCUT2D eigenvalue weighted by atomic mass is 10.3. The van der Waals surface area contributed by atoms with Gasteiger partial charge in [0, 0.05) is 14.1 Å². The molecule has 2 aromatic heterocycles. The van der Waals surface area contributed by atoms with Crippen molar-refractivity contribution in [2.75, 3.05) is 13.2 Å². The predicted molar refractivity (Wildman–Crippen MR) is 105 cm³/mol. The number of ether oxygens (including phenoxy) is 1. The van der Waals surface area contributed by atoms with Crippen LogP contribution in [0.3, 0.4) is 0 Å². The molecule has 0 radical (unpaired) electrons. The number of aryl methyl sites for hydroxylation is 1. The Labute approximate surface area is 169 Å². The molecule has 0 aliphatic rings. The smallest absolute Gasteiger partial charge is 0.332 e. The van der Waals surface area contributed by atoms with Gasteiger partial charge >= 0.3 is 5.69 Å². The number of carbonyl (C=O) groups is 1. The number of fused-ring (bicyclic) bond motifs is 1. The maximum atomic E-state index is 12.2. The van der Waals surface area contributed by atoms with Gasteiger partial charge in [-0.2, -0.15) is 0 Å². The van der Waals surface area contributed by atoms with Gasteiger partial charge in [-0.25, -0.2) is 9.78 Å². The number of hydrogen-bond acceptors (Lipinski definition) is 5. The summed E-state index contributed by atoms with van der Waals surface area (Å²) in [5, 5.41) is 3.38. The summed E-state index contributed by atoms with van der Waals surface area (Å²) in [5.41, 5.74) is -0.600. The van der Waals surface area contributed by atoms with E-state index < -0.39 is 11.2 Å². The zero-order chi connectivity index (χ0) is 20.4. The summed E-state index contributed by atoms with van der Waals surface area (Å²) in [6.45, 7) is 0.319. The third kappa shape index (κ3) is 3.76. The Balaban J connectivity index is 1.64. The lowest BCUT2D eigenvalue weighted by molar-refractivity contribution is -0.121. The zero-order valence-electron chi connectivity index (χ0n) is 15.1. The normalized spacial score (nSPS) is 11.0. The molecule has 0 spiro atoms. The molecule has 0 saturated heterocycles. The van der Waals surface area contributed by atoms with Gasteiger partial charge in [0.25, 0.3) is 5.56 Å². The van der Waals surface area contributed by atoms with Gasteiger partial charge in [-0.1, -0.05) is 29.3 Å². The van der Waals surface area contributed by atoms with E-state index in [1.807, 2.05) is 0 Å². The highest BCUT2D eigenvalue weighted by molar-refractivity contribution is 6.42. The van der Waals surface area contributed by atoms with Crippen molar-refractivity contribution in [2.24, 2.45) is 14.1 Å². The summed E-state index contributed by atoms with van der Waals surface area (Å²) in [6.07, 6.45) is 1.35. The van der Waals surface area contributed by atoms with Crippen LogP contribution < -0.4 is 21.3 Å². The number of nitrogens with one attached hydrogen (secondary N) is 1. The van der Waals surface area contributed by atoms with E-state index in [1.165, 1.54) is 29.6 Å². The van der Waals surface area contributed by atoms with Gasteiger partial charge in [-0.3, -0.25) is 18.7 Å². The highest BCUT2D eigenvalue weighted by Gasteiger charge is 2.15. The van der Waals surface area contributed by atoms with E-state index in [1.54, 1.807) is 18.2 Å². The molecule has 11 heteroatoms. The monoisotopic (exact) mass is 425 g/mol. The van der Waals surface area contributed by atoms with Gasteiger partial charge in [-0.05, 0) is 12.1 Å². The number of amides is 1. The molecule has 9 nitrogen and oxygen atoms in total. The van der Waals surface area contributed by atoms with E-state index in [-0.39, 0.29) is 36.8 Å². The quantitative estimate of drug-likeness (QED) is 0.592. The van der Waals surface area contributed by atoms with Crippen LogP contribution in [0.2, 0.25) is 10.0 Å². The van der Waals surface area contributed by atoms with E-state index in [9.17, 15) is 14.4 Å². The molecular weight excluding hydrogens is 409 g/mol. The highest BCUT2D eigenvalue weighted by Crippen LogP contribution is 2.31. The molecule has 1 aromatic carbocycles. The van der Waals surface area contributed by atoms with E-state index in [0.717, 1.165) is 4.57 Å². The first kappa shape index (κ1) is 20.0. The number of benzene rings is 1. The minimum absolute atomic E-state index is 0.102. The molecule has 0 aliphatic heterocycles. The van der Waals surface area contributed by atoms with Gasteiger partial charge in [0.1, 0.15) is 29.6 Å². The number of imidazole rings is 1. The van der Waals surface area contributed by atoms with Crippen LogP contribution in [-0.4, -0.2) is 37.7 Å². The molecule has 3 aromatic rings. The fourth-order valence-electron chi connectivity index (χ4n) is 2.71. The second-order valence-corrected chi connectivity index (χ2v) is 6.79. The van der Waals surface area contributed by atoms with Crippen LogP contribution in [0.4, 0.5) is 0 Å². The number of aromatic nitrogens is 4. The van der Waals surface area contributed by atoms with Gasteiger partial charge in [0.15, 0.2) is 5.52 Å². The lowest BCUT2D eigenvalue weighted by Crippen LogP contribution is -2.38. The average Bonchev–Trinajstić information content (AvgIpc) is 3.08. The fraction of sp³-hybridized carbons (Fsp3) is 0.294. The number of carbonyl (C=O) groups excluding carboxylic acids is 1. The van der Waals surface area contributed by atoms with Crippen LogP contribution >= 0.6 is 23.2 Å². The molecule has 1 amide bonds. The summed E-state index contributed by atoms with van der Waals surface area (Å²) >= 11 is 11.9. The largest absolute Gasteiger partial charge is 0.490 e. The highest BCUT2D eigenvalue weighted by atomic mass is 35.5. The molecule has 3 rings (SSSR count). The number of halogens is 2. The van der Waals surface area contributed by atoms with Crippen LogP contribution in [0.25, 0.3) is 11.2 Å². The molecule has 0 unspecified atom stereocenters. The van der Waals surface area contributed by atoms with Crippen molar-refractivity contribution >= 4 is 40.3 Å². The van der Waals surface area contributed by atoms with E-state index in [0.29, 0.717) is 15.8 Å². The number of nitrogens with zero attached hydrogens (tertiary/aromatic N) is 4. The third-order valence-electron chi connectivity index (χ3n) is 4.12. The molecule has 2 heterocycles. The third-order valence-corrected chi connectivity index (χ3v) is 4.92. The molecule has 148 valence electrons. The van der Waals surface area contributed by atoms with E-state index in [4.69, 9.17) is 27.9 Å². The first-order chi connectivity index (χ1) is 13.3. The van der Waals surface area contributed by atoms with Crippen molar-refractivity contribution in [3.05, 3.63) is 55.4 Å². The molecule has 0 bridgehead atoms. The second-order valence-electron chi connectivity index (χ2n) is 6.00. The zero-order valence-corrected chi connectivity index (χ0v) is 16.6. The summed E-state index contributed by atoms with van der Waals surface area (Å²) in [6, 6.07) is 5.03. The topological polar surface area (TPSA) is 100 Å². The molecular formula is C17H17Cl2N5O4. The lowest BCUT2D eigenvalue weighted by Gasteiger charge is -2.11. The Kier molecular flexibility index (Phi) is 5.76.